The van der Waals surface area contributed by atoms with Gasteiger partial charge in [0.15, 0.2) is 6.23 Å². The molecule has 0 radical (unpaired) electrons. The second kappa shape index (κ2) is 12.1. The van der Waals surface area contributed by atoms with Crippen LogP contribution in [0.1, 0.15) is 50.7 Å². The van der Waals surface area contributed by atoms with E-state index in [1.165, 1.54) is 30.3 Å². The molecule has 38 heavy (non-hydrogen) atoms. The minimum absolute atomic E-state index is 0.00982. The van der Waals surface area contributed by atoms with Crippen molar-refractivity contribution in [3.8, 4) is 6.07 Å². The lowest BCUT2D eigenvalue weighted by molar-refractivity contribution is 0.0684. The molecule has 7 nitrogen and oxygen atoms in total. The van der Waals surface area contributed by atoms with Crippen molar-refractivity contribution in [3.05, 3.63) is 69.2 Å². The van der Waals surface area contributed by atoms with E-state index in [4.69, 9.17) is 33.0 Å². The second-order valence-electron chi connectivity index (χ2n) is 10.6. The highest BCUT2D eigenvalue weighted by Crippen LogP contribution is 2.52. The maximum atomic E-state index is 15.5. The number of aliphatic hydroxyl groups is 2. The number of hydrogen-bond donors (Lipinski definition) is 4. The molecule has 11 heteroatoms. The summed E-state index contributed by atoms with van der Waals surface area (Å²) in [6.07, 6.45) is -2.78. The van der Waals surface area contributed by atoms with E-state index < -0.39 is 54.0 Å². The van der Waals surface area contributed by atoms with Crippen LogP contribution in [0.4, 0.5) is 13.6 Å². The molecule has 4 N–H and O–H groups in total. The molecular weight excluding hydrogens is 539 g/mol. The van der Waals surface area contributed by atoms with Crippen LogP contribution >= 0.6 is 23.2 Å². The molecule has 1 saturated heterocycles. The molecule has 0 saturated carbocycles. The molecule has 0 aromatic heterocycles. The van der Waals surface area contributed by atoms with Gasteiger partial charge in [0, 0.05) is 23.2 Å². The number of aliphatic hydroxyl groups excluding tert-OH is 2. The predicted molar refractivity (Wildman–Crippen MR) is 140 cm³/mol. The van der Waals surface area contributed by atoms with Gasteiger partial charge in [-0.25, -0.2) is 13.6 Å². The van der Waals surface area contributed by atoms with Crippen LogP contribution in [0.25, 0.3) is 0 Å². The Morgan fingerprint density at radius 1 is 1.29 bits per heavy atom. The molecular formula is C27H31Cl2F2N3O4. The molecule has 1 fully saturated rings. The van der Waals surface area contributed by atoms with Gasteiger partial charge in [0.25, 0.3) is 0 Å². The van der Waals surface area contributed by atoms with Crippen LogP contribution < -0.4 is 10.6 Å². The summed E-state index contributed by atoms with van der Waals surface area (Å²) in [5.74, 6) is -2.77. The molecule has 206 valence electrons. The maximum absolute atomic E-state index is 15.5. The normalized spacial score (nSPS) is 24.1. The molecule has 3 rings (SSSR count). The van der Waals surface area contributed by atoms with E-state index in [1.54, 1.807) is 0 Å². The number of nitrogens with one attached hydrogen (secondary N) is 2. The molecule has 0 aliphatic carbocycles. The zero-order chi connectivity index (χ0) is 28.3. The van der Waals surface area contributed by atoms with Crippen molar-refractivity contribution in [2.75, 3.05) is 13.2 Å². The van der Waals surface area contributed by atoms with Gasteiger partial charge in [-0.1, -0.05) is 62.2 Å². The van der Waals surface area contributed by atoms with Gasteiger partial charge >= 0.3 is 6.09 Å². The third-order valence-electron chi connectivity index (χ3n) is 6.59. The molecule has 0 spiro atoms. The van der Waals surface area contributed by atoms with E-state index in [-0.39, 0.29) is 39.6 Å². The Morgan fingerprint density at radius 3 is 2.61 bits per heavy atom. The van der Waals surface area contributed by atoms with E-state index in [2.05, 4.69) is 16.7 Å². The summed E-state index contributed by atoms with van der Waals surface area (Å²) in [4.78, 5) is 12.7. The average molecular weight is 570 g/mol. The third-order valence-corrected chi connectivity index (χ3v) is 7.12. The van der Waals surface area contributed by atoms with Gasteiger partial charge in [-0.05, 0) is 42.0 Å². The van der Waals surface area contributed by atoms with E-state index in [0.29, 0.717) is 6.42 Å². The predicted octanol–water partition coefficient (Wildman–Crippen LogP) is 5.02. The van der Waals surface area contributed by atoms with Crippen molar-refractivity contribution in [1.82, 2.24) is 10.6 Å². The van der Waals surface area contributed by atoms with Crippen molar-refractivity contribution in [3.63, 3.8) is 0 Å². The Labute approximate surface area is 230 Å². The SMILES string of the molecule is CC(C)(C)C[C@@H]1N[C@H](OC(=O)NCC[C@@H](O)CO)[C@H](c2cccc(Cl)c2F)[C@@]1(C#N)c1ccc(Cl)cc1F. The minimum Gasteiger partial charge on any atom is -0.430 e. The fourth-order valence-electron chi connectivity index (χ4n) is 4.96. The van der Waals surface area contributed by atoms with Gasteiger partial charge in [-0.3, -0.25) is 5.32 Å². The van der Waals surface area contributed by atoms with E-state index in [9.17, 15) is 15.2 Å². The van der Waals surface area contributed by atoms with Crippen molar-refractivity contribution in [2.24, 2.45) is 5.41 Å². The number of ether oxygens (including phenoxy) is 1. The van der Waals surface area contributed by atoms with Crippen LogP contribution in [-0.4, -0.2) is 47.8 Å². The van der Waals surface area contributed by atoms with Crippen LogP contribution in [0.15, 0.2) is 36.4 Å². The van der Waals surface area contributed by atoms with Gasteiger partial charge in [0.1, 0.15) is 17.0 Å². The number of amides is 1. The quantitative estimate of drug-likeness (QED) is 0.355. The number of hydrogen-bond acceptors (Lipinski definition) is 6. The summed E-state index contributed by atoms with van der Waals surface area (Å²) >= 11 is 12.1. The molecule has 2 aromatic carbocycles. The van der Waals surface area contributed by atoms with Gasteiger partial charge in [0.05, 0.1) is 29.7 Å². The average Bonchev–Trinajstić information content (AvgIpc) is 3.12. The van der Waals surface area contributed by atoms with Gasteiger partial charge in [-0.15, -0.1) is 0 Å². The first-order valence-electron chi connectivity index (χ1n) is 12.1. The lowest BCUT2D eigenvalue weighted by Gasteiger charge is -2.37. The smallest absolute Gasteiger partial charge is 0.408 e. The van der Waals surface area contributed by atoms with Gasteiger partial charge in [0.2, 0.25) is 0 Å². The van der Waals surface area contributed by atoms with Gasteiger partial charge < -0.3 is 20.3 Å². The summed E-state index contributed by atoms with van der Waals surface area (Å²) < 4.78 is 36.7. The van der Waals surface area contributed by atoms with Gasteiger partial charge in [-0.2, -0.15) is 5.26 Å². The summed E-state index contributed by atoms with van der Waals surface area (Å²) in [6.45, 7) is 5.35. The van der Waals surface area contributed by atoms with Crippen LogP contribution in [-0.2, 0) is 10.2 Å². The molecule has 1 aliphatic heterocycles. The Bertz CT molecular complexity index is 1200. The summed E-state index contributed by atoms with van der Waals surface area (Å²) in [7, 11) is 0. The zero-order valence-corrected chi connectivity index (χ0v) is 22.8. The standard InChI is InChI=1S/C27H31Cl2F2N3O4/c1-26(2,3)12-21-27(14-32,18-8-7-15(28)11-20(18)30)22(17-5-4-6-19(29)23(17)31)24(34-21)38-25(37)33-10-9-16(36)13-35/h4-8,11,16,21-22,24,34-36H,9-10,12-13H2,1-3H3,(H,33,37)/t16-,21+,22+,24-,27+/m1/s1. The van der Waals surface area contributed by atoms with Crippen LogP contribution in [0.5, 0.6) is 0 Å². The Morgan fingerprint density at radius 2 is 2.00 bits per heavy atom. The molecule has 2 aromatic rings. The van der Waals surface area contributed by atoms with Crippen molar-refractivity contribution >= 4 is 29.3 Å². The number of alkyl carbamates (subject to hydrolysis) is 1. The molecule has 1 aliphatic rings. The number of carbonyl (C=O) groups is 1. The van der Waals surface area contributed by atoms with Crippen molar-refractivity contribution in [2.45, 2.75) is 63.3 Å². The topological polar surface area (TPSA) is 115 Å². The summed E-state index contributed by atoms with van der Waals surface area (Å²) in [5.41, 5.74) is -2.14. The fourth-order valence-corrected chi connectivity index (χ4v) is 5.30. The lowest BCUT2D eigenvalue weighted by atomic mass is 9.63. The highest BCUT2D eigenvalue weighted by atomic mass is 35.5. The first-order chi connectivity index (χ1) is 17.8. The van der Waals surface area contributed by atoms with Crippen LogP contribution in [0.3, 0.4) is 0 Å². The number of benzene rings is 2. The number of nitriles is 1. The fraction of sp³-hybridized carbons (Fsp3) is 0.481. The number of nitrogens with zero attached hydrogens (tertiary/aromatic N) is 1. The third kappa shape index (κ3) is 6.38. The molecule has 1 heterocycles. The maximum Gasteiger partial charge on any atom is 0.408 e. The highest BCUT2D eigenvalue weighted by Gasteiger charge is 2.61. The Hall–Kier alpha value is -2.48. The van der Waals surface area contributed by atoms with E-state index in [1.807, 2.05) is 20.8 Å². The monoisotopic (exact) mass is 569 g/mol. The molecule has 1 amide bonds. The van der Waals surface area contributed by atoms with Crippen LogP contribution in [0, 0.1) is 28.4 Å². The molecule has 5 atom stereocenters. The molecule has 0 bridgehead atoms. The van der Waals surface area contributed by atoms with E-state index in [0.717, 1.165) is 6.07 Å². The van der Waals surface area contributed by atoms with Crippen molar-refractivity contribution < 1.29 is 28.5 Å². The highest BCUT2D eigenvalue weighted by molar-refractivity contribution is 6.31. The van der Waals surface area contributed by atoms with E-state index >= 15 is 8.78 Å². The molecule has 0 unspecified atom stereocenters. The summed E-state index contributed by atoms with van der Waals surface area (Å²) in [6, 6.07) is 9.70. The number of carbonyl (C=O) groups excluding carboxylic acids is 1. The first-order valence-corrected chi connectivity index (χ1v) is 12.9. The number of rotatable bonds is 8. The Kier molecular flexibility index (Phi) is 9.61. The summed E-state index contributed by atoms with van der Waals surface area (Å²) in [5, 5.41) is 34.8. The second-order valence-corrected chi connectivity index (χ2v) is 11.4. The van der Waals surface area contributed by atoms with Crippen LogP contribution in [0.2, 0.25) is 10.0 Å². The zero-order valence-electron chi connectivity index (χ0n) is 21.3. The van der Waals surface area contributed by atoms with Crippen molar-refractivity contribution in [1.29, 1.82) is 5.26 Å². The largest absolute Gasteiger partial charge is 0.430 e. The number of halogens is 4. The Balaban J connectivity index is 2.16. The lowest BCUT2D eigenvalue weighted by Crippen LogP contribution is -2.44. The first kappa shape index (κ1) is 30.1. The minimum atomic E-state index is -1.73.